The van der Waals surface area contributed by atoms with E-state index in [2.05, 4.69) is 6.92 Å². The molecule has 1 N–H and O–H groups in total. The van der Waals surface area contributed by atoms with Gasteiger partial charge < -0.3 is 9.66 Å². The third-order valence-electron chi connectivity index (χ3n) is 3.80. The van der Waals surface area contributed by atoms with Crippen LogP contribution >= 0.6 is 0 Å². The first-order chi connectivity index (χ1) is 9.41. The summed E-state index contributed by atoms with van der Waals surface area (Å²) in [5.74, 6) is 0. The van der Waals surface area contributed by atoms with E-state index in [4.69, 9.17) is 0 Å². The van der Waals surface area contributed by atoms with E-state index in [-0.39, 0.29) is 57.5 Å². The van der Waals surface area contributed by atoms with Crippen LogP contribution in [-0.4, -0.2) is 29.4 Å². The van der Waals surface area contributed by atoms with E-state index in [1.54, 1.807) is 6.92 Å². The second-order valence-corrected chi connectivity index (χ2v) is 7.32. The summed E-state index contributed by atoms with van der Waals surface area (Å²) < 4.78 is 32.7. The molecule has 0 fully saturated rings. The van der Waals surface area contributed by atoms with E-state index < -0.39 is 15.4 Å². The summed E-state index contributed by atoms with van der Waals surface area (Å²) >= 11 is 0. The molecule has 0 rings (SSSR count). The Morgan fingerprint density at radius 1 is 0.905 bits per heavy atom. The number of hydrogen-bond donors (Lipinski definition) is 1. The molecule has 2 atom stereocenters. The van der Waals surface area contributed by atoms with Crippen molar-refractivity contribution in [2.75, 3.05) is 0 Å². The molecule has 0 aliphatic heterocycles. The van der Waals surface area contributed by atoms with Crippen LogP contribution in [0.25, 0.3) is 0 Å². The molecular weight excluding hydrogens is 315 g/mol. The second-order valence-electron chi connectivity index (χ2n) is 5.66. The molecule has 0 saturated carbocycles. The Kier molecular flexibility index (Phi) is 17.8. The summed E-state index contributed by atoms with van der Waals surface area (Å²) in [4.78, 5) is 0. The van der Waals surface area contributed by atoms with Crippen LogP contribution in [0.3, 0.4) is 0 Å². The maximum Gasteiger partial charge on any atom is 1.00 e. The van der Waals surface area contributed by atoms with Crippen molar-refractivity contribution < 1.29 is 69.5 Å². The van der Waals surface area contributed by atoms with Crippen LogP contribution < -0.4 is 51.4 Å². The van der Waals surface area contributed by atoms with Gasteiger partial charge in [0.25, 0.3) is 0 Å². The number of unbranched alkanes of at least 4 members (excludes halogenated alkanes) is 5. The zero-order valence-electron chi connectivity index (χ0n) is 14.0. The molecule has 4 nitrogen and oxygen atoms in total. The van der Waals surface area contributed by atoms with Crippen molar-refractivity contribution in [3.63, 3.8) is 0 Å². The molecule has 2 unspecified atom stereocenters. The van der Waals surface area contributed by atoms with Gasteiger partial charge in [-0.2, -0.15) is 0 Å². The van der Waals surface area contributed by atoms with E-state index in [0.717, 1.165) is 57.8 Å². The first-order valence-electron chi connectivity index (χ1n) is 8.04. The summed E-state index contributed by atoms with van der Waals surface area (Å²) in [6.07, 6.45) is 9.78. The average molecular weight is 347 g/mol. The predicted octanol–water partition coefficient (Wildman–Crippen LogP) is 0.596. The molecule has 0 saturated heterocycles. The van der Waals surface area contributed by atoms with Gasteiger partial charge in [-0.15, -0.1) is 0 Å². The second kappa shape index (κ2) is 15.1. The zero-order valence-corrected chi connectivity index (χ0v) is 18.0. The Balaban J connectivity index is 0. The van der Waals surface area contributed by atoms with Crippen molar-refractivity contribution in [1.29, 1.82) is 0 Å². The molecule has 122 valence electrons. The number of rotatable bonds is 13. The van der Waals surface area contributed by atoms with Gasteiger partial charge >= 0.3 is 51.4 Å². The maximum atomic E-state index is 10.9. The van der Waals surface area contributed by atoms with Gasteiger partial charge in [0.05, 0.1) is 16.2 Å². The van der Waals surface area contributed by atoms with Crippen LogP contribution in [0.15, 0.2) is 0 Å². The SMILES string of the molecule is CCCC(O)CCCCCCCCC(CC)S(=O)(=O)[O-].[K+]. The van der Waals surface area contributed by atoms with Gasteiger partial charge in [-0.3, -0.25) is 0 Å². The number of aliphatic hydroxyl groups excluding tert-OH is 1. The number of aliphatic hydroxyl groups is 1. The van der Waals surface area contributed by atoms with Crippen molar-refractivity contribution in [3.05, 3.63) is 0 Å². The van der Waals surface area contributed by atoms with E-state index in [1.807, 2.05) is 0 Å². The Hall–Kier alpha value is 1.51. The fourth-order valence-electron chi connectivity index (χ4n) is 2.49. The molecule has 0 bridgehead atoms. The smallest absolute Gasteiger partial charge is 0.748 e. The third-order valence-corrected chi connectivity index (χ3v) is 5.18. The van der Waals surface area contributed by atoms with E-state index in [0.29, 0.717) is 12.8 Å². The summed E-state index contributed by atoms with van der Waals surface area (Å²) in [5.41, 5.74) is 0. The van der Waals surface area contributed by atoms with Crippen molar-refractivity contribution in [3.8, 4) is 0 Å². The molecule has 6 heteroatoms. The monoisotopic (exact) mass is 346 g/mol. The fraction of sp³-hybridized carbons (Fsp3) is 1.00. The molecule has 0 aromatic carbocycles. The normalized spacial score (nSPS) is 14.5. The minimum absolute atomic E-state index is 0. The first-order valence-corrected chi connectivity index (χ1v) is 9.51. The predicted molar refractivity (Wildman–Crippen MR) is 81.6 cm³/mol. The molecule has 0 amide bonds. The molecule has 0 heterocycles. The summed E-state index contributed by atoms with van der Waals surface area (Å²) in [7, 11) is -4.11. The van der Waals surface area contributed by atoms with Gasteiger partial charge in [0.15, 0.2) is 0 Å². The molecule has 0 spiro atoms. The summed E-state index contributed by atoms with van der Waals surface area (Å²) in [5, 5.41) is 8.87. The average Bonchev–Trinajstić information content (AvgIpc) is 2.35. The van der Waals surface area contributed by atoms with Crippen molar-refractivity contribution in [1.82, 2.24) is 0 Å². The molecule has 0 aliphatic carbocycles. The van der Waals surface area contributed by atoms with Crippen molar-refractivity contribution in [2.24, 2.45) is 0 Å². The van der Waals surface area contributed by atoms with Crippen molar-refractivity contribution >= 4 is 10.1 Å². The Morgan fingerprint density at radius 3 is 1.81 bits per heavy atom. The molecule has 0 aromatic rings. The minimum atomic E-state index is -4.11. The summed E-state index contributed by atoms with van der Waals surface area (Å²) in [6.45, 7) is 3.83. The van der Waals surface area contributed by atoms with Crippen LogP contribution in [-0.2, 0) is 10.1 Å². The zero-order chi connectivity index (χ0) is 15.4. The molecule has 21 heavy (non-hydrogen) atoms. The minimum Gasteiger partial charge on any atom is -0.748 e. The van der Waals surface area contributed by atoms with E-state index >= 15 is 0 Å². The van der Waals surface area contributed by atoms with Crippen LogP contribution in [0.5, 0.6) is 0 Å². The topological polar surface area (TPSA) is 77.4 Å². The Bertz CT molecular complexity index is 320. The van der Waals surface area contributed by atoms with Gasteiger partial charge in [-0.1, -0.05) is 58.8 Å². The van der Waals surface area contributed by atoms with Crippen LogP contribution in [0.1, 0.15) is 84.5 Å². The fourth-order valence-corrected chi connectivity index (χ4v) is 3.35. The van der Waals surface area contributed by atoms with E-state index in [1.165, 1.54) is 0 Å². The maximum absolute atomic E-state index is 10.9. The van der Waals surface area contributed by atoms with Crippen LogP contribution in [0, 0.1) is 0 Å². The molecule has 0 radical (unpaired) electrons. The van der Waals surface area contributed by atoms with Gasteiger partial charge in [0, 0.05) is 5.25 Å². The van der Waals surface area contributed by atoms with Crippen LogP contribution in [0.4, 0.5) is 0 Å². The van der Waals surface area contributed by atoms with Gasteiger partial charge in [-0.25, -0.2) is 8.42 Å². The first kappa shape index (κ1) is 24.8. The van der Waals surface area contributed by atoms with Crippen LogP contribution in [0.2, 0.25) is 0 Å². The van der Waals surface area contributed by atoms with Gasteiger partial charge in [-0.05, 0) is 25.7 Å². The number of hydrogen-bond acceptors (Lipinski definition) is 4. The Morgan fingerprint density at radius 2 is 1.38 bits per heavy atom. The standard InChI is InChI=1S/C15H32O4S.K/c1-3-11-14(16)12-9-7-5-6-8-10-13-15(4-2)20(17,18)19;/h14-16H,3-13H2,1-2H3,(H,17,18,19);/q;+1/p-1. The molecule has 0 aliphatic rings. The third kappa shape index (κ3) is 14.8. The quantitative estimate of drug-likeness (QED) is 0.301. The van der Waals surface area contributed by atoms with Gasteiger partial charge in [0.2, 0.25) is 0 Å². The van der Waals surface area contributed by atoms with E-state index in [9.17, 15) is 18.1 Å². The molecular formula is C15H31KO4S. The summed E-state index contributed by atoms with van der Waals surface area (Å²) in [6, 6.07) is 0. The van der Waals surface area contributed by atoms with Crippen molar-refractivity contribution in [2.45, 2.75) is 95.8 Å². The van der Waals surface area contributed by atoms with Gasteiger partial charge in [0.1, 0.15) is 0 Å². The molecule has 0 aromatic heterocycles. The largest absolute Gasteiger partial charge is 1.00 e. The Labute approximate surface area is 173 Å².